The maximum Gasteiger partial charge on any atom is 0.248 e. The highest BCUT2D eigenvalue weighted by atomic mass is 16.5. The lowest BCUT2D eigenvalue weighted by atomic mass is 10.2. The first-order valence-electron chi connectivity index (χ1n) is 5.80. The Bertz CT molecular complexity index is 366. The Morgan fingerprint density at radius 1 is 1.41 bits per heavy atom. The van der Waals surface area contributed by atoms with E-state index in [-0.39, 0.29) is 12.5 Å². The zero-order valence-electron chi connectivity index (χ0n) is 10.5. The van der Waals surface area contributed by atoms with Gasteiger partial charge in [0.05, 0.1) is 0 Å². The summed E-state index contributed by atoms with van der Waals surface area (Å²) in [5.74, 6) is -0.0262. The highest BCUT2D eigenvalue weighted by Crippen LogP contribution is 2.12. The van der Waals surface area contributed by atoms with Crippen LogP contribution in [0.5, 0.6) is 0 Å². The Kier molecular flexibility index (Phi) is 5.49. The third-order valence-corrected chi connectivity index (χ3v) is 2.46. The first kappa shape index (κ1) is 13.5. The monoisotopic (exact) mass is 236 g/mol. The van der Waals surface area contributed by atoms with Crippen LogP contribution >= 0.6 is 0 Å². The molecule has 0 heterocycles. The first-order valence-corrected chi connectivity index (χ1v) is 5.80. The van der Waals surface area contributed by atoms with Crippen molar-refractivity contribution in [3.8, 4) is 0 Å². The fourth-order valence-electron chi connectivity index (χ4n) is 1.44. The highest BCUT2D eigenvalue weighted by Gasteiger charge is 2.10. The van der Waals surface area contributed by atoms with Crippen molar-refractivity contribution in [1.29, 1.82) is 0 Å². The normalized spacial score (nSPS) is 10.2. The number of hydrogen-bond donors (Lipinski definition) is 1. The number of hydrogen-bond acceptors (Lipinski definition) is 3. The SMILES string of the molecule is CCCOCC(=O)N(C)Cc1ccccc1N. The summed E-state index contributed by atoms with van der Waals surface area (Å²) in [6, 6.07) is 7.55. The molecular weight excluding hydrogens is 216 g/mol. The Morgan fingerprint density at radius 2 is 2.12 bits per heavy atom. The van der Waals surface area contributed by atoms with E-state index in [9.17, 15) is 4.79 Å². The standard InChI is InChI=1S/C13H20N2O2/c1-3-8-17-10-13(16)15(2)9-11-6-4-5-7-12(11)14/h4-7H,3,8-10,14H2,1-2H3. The summed E-state index contributed by atoms with van der Waals surface area (Å²) >= 11 is 0. The second-order valence-corrected chi connectivity index (χ2v) is 4.00. The Labute approximate surface area is 102 Å². The van der Waals surface area contributed by atoms with Gasteiger partial charge in [-0.2, -0.15) is 0 Å². The minimum atomic E-state index is -0.0262. The lowest BCUT2D eigenvalue weighted by molar-refractivity contribution is -0.135. The number of likely N-dealkylation sites (N-methyl/N-ethyl adjacent to an activating group) is 1. The van der Waals surface area contributed by atoms with Gasteiger partial charge >= 0.3 is 0 Å². The molecule has 0 aliphatic rings. The molecule has 94 valence electrons. The number of carbonyl (C=O) groups excluding carboxylic acids is 1. The summed E-state index contributed by atoms with van der Waals surface area (Å²) in [5.41, 5.74) is 7.49. The third-order valence-electron chi connectivity index (χ3n) is 2.46. The molecule has 0 unspecified atom stereocenters. The van der Waals surface area contributed by atoms with Crippen molar-refractivity contribution in [3.05, 3.63) is 29.8 Å². The molecule has 0 aromatic heterocycles. The number of carbonyl (C=O) groups is 1. The Balaban J connectivity index is 2.46. The van der Waals surface area contributed by atoms with Crippen LogP contribution in [-0.4, -0.2) is 31.1 Å². The molecule has 0 aliphatic carbocycles. The van der Waals surface area contributed by atoms with Crippen LogP contribution in [-0.2, 0) is 16.1 Å². The van der Waals surface area contributed by atoms with Gasteiger partial charge in [-0.25, -0.2) is 0 Å². The molecule has 0 spiro atoms. The second kappa shape index (κ2) is 6.91. The van der Waals surface area contributed by atoms with Gasteiger partial charge in [0.15, 0.2) is 0 Å². The number of nitrogen functional groups attached to an aromatic ring is 1. The average molecular weight is 236 g/mol. The van der Waals surface area contributed by atoms with Crippen molar-refractivity contribution in [3.63, 3.8) is 0 Å². The minimum absolute atomic E-state index is 0.0262. The average Bonchev–Trinajstić information content (AvgIpc) is 2.32. The van der Waals surface area contributed by atoms with Gasteiger partial charge in [0.1, 0.15) is 6.61 Å². The number of anilines is 1. The number of nitrogens with zero attached hydrogens (tertiary/aromatic N) is 1. The molecule has 0 radical (unpaired) electrons. The maximum atomic E-state index is 11.7. The van der Waals surface area contributed by atoms with Crippen LogP contribution in [0.4, 0.5) is 5.69 Å². The van der Waals surface area contributed by atoms with E-state index in [1.807, 2.05) is 31.2 Å². The van der Waals surface area contributed by atoms with E-state index in [1.165, 1.54) is 0 Å². The summed E-state index contributed by atoms with van der Waals surface area (Å²) in [6.45, 7) is 3.28. The van der Waals surface area contributed by atoms with E-state index in [0.717, 1.165) is 12.0 Å². The van der Waals surface area contributed by atoms with E-state index in [4.69, 9.17) is 10.5 Å². The zero-order chi connectivity index (χ0) is 12.7. The van der Waals surface area contributed by atoms with Crippen LogP contribution < -0.4 is 5.73 Å². The molecule has 17 heavy (non-hydrogen) atoms. The fourth-order valence-corrected chi connectivity index (χ4v) is 1.44. The first-order chi connectivity index (χ1) is 8.15. The third kappa shape index (κ3) is 4.44. The van der Waals surface area contributed by atoms with Gasteiger partial charge in [-0.15, -0.1) is 0 Å². The fraction of sp³-hybridized carbons (Fsp3) is 0.462. The number of ether oxygens (including phenoxy) is 1. The number of nitrogens with two attached hydrogens (primary N) is 1. The van der Waals surface area contributed by atoms with Gasteiger partial charge in [0, 0.05) is 25.9 Å². The molecule has 0 saturated heterocycles. The van der Waals surface area contributed by atoms with Crippen molar-refractivity contribution >= 4 is 11.6 Å². The van der Waals surface area contributed by atoms with E-state index >= 15 is 0 Å². The van der Waals surface area contributed by atoms with Crippen LogP contribution in [0.2, 0.25) is 0 Å². The minimum Gasteiger partial charge on any atom is -0.398 e. The smallest absolute Gasteiger partial charge is 0.248 e. The summed E-state index contributed by atoms with van der Waals surface area (Å²) in [6.07, 6.45) is 0.919. The van der Waals surface area contributed by atoms with E-state index in [1.54, 1.807) is 11.9 Å². The van der Waals surface area contributed by atoms with Crippen molar-refractivity contribution < 1.29 is 9.53 Å². The number of para-hydroxylation sites is 1. The van der Waals surface area contributed by atoms with E-state index in [2.05, 4.69) is 0 Å². The molecule has 0 bridgehead atoms. The van der Waals surface area contributed by atoms with E-state index < -0.39 is 0 Å². The second-order valence-electron chi connectivity index (χ2n) is 4.00. The topological polar surface area (TPSA) is 55.6 Å². The predicted molar refractivity (Wildman–Crippen MR) is 68.4 cm³/mol. The van der Waals surface area contributed by atoms with Gasteiger partial charge in [-0.1, -0.05) is 25.1 Å². The molecule has 4 heteroatoms. The molecule has 0 saturated carbocycles. The molecule has 0 atom stereocenters. The molecule has 1 amide bonds. The summed E-state index contributed by atoms with van der Waals surface area (Å²) < 4.78 is 5.21. The number of amides is 1. The molecule has 4 nitrogen and oxygen atoms in total. The van der Waals surface area contributed by atoms with Gasteiger partial charge in [-0.05, 0) is 18.1 Å². The molecule has 0 fully saturated rings. The van der Waals surface area contributed by atoms with Crippen molar-refractivity contribution in [2.75, 3.05) is 26.0 Å². The lowest BCUT2D eigenvalue weighted by Gasteiger charge is -2.18. The van der Waals surface area contributed by atoms with Gasteiger partial charge < -0.3 is 15.4 Å². The van der Waals surface area contributed by atoms with Crippen LogP contribution in [0.25, 0.3) is 0 Å². The maximum absolute atomic E-state index is 11.7. The Hall–Kier alpha value is -1.55. The number of benzene rings is 1. The van der Waals surface area contributed by atoms with Gasteiger partial charge in [-0.3, -0.25) is 4.79 Å². The zero-order valence-corrected chi connectivity index (χ0v) is 10.5. The largest absolute Gasteiger partial charge is 0.398 e. The molecule has 1 aromatic carbocycles. The van der Waals surface area contributed by atoms with Crippen molar-refractivity contribution in [2.24, 2.45) is 0 Å². The van der Waals surface area contributed by atoms with Gasteiger partial charge in [0.25, 0.3) is 0 Å². The molecule has 1 rings (SSSR count). The Morgan fingerprint density at radius 3 is 2.76 bits per heavy atom. The molecule has 1 aromatic rings. The summed E-state index contributed by atoms with van der Waals surface area (Å²) in [5, 5.41) is 0. The van der Waals surface area contributed by atoms with Crippen LogP contribution in [0.15, 0.2) is 24.3 Å². The van der Waals surface area contributed by atoms with Crippen molar-refractivity contribution in [2.45, 2.75) is 19.9 Å². The lowest BCUT2D eigenvalue weighted by Crippen LogP contribution is -2.30. The molecule has 2 N–H and O–H groups in total. The highest BCUT2D eigenvalue weighted by molar-refractivity contribution is 5.77. The van der Waals surface area contributed by atoms with Crippen LogP contribution in [0.1, 0.15) is 18.9 Å². The molecular formula is C13H20N2O2. The van der Waals surface area contributed by atoms with Crippen LogP contribution in [0.3, 0.4) is 0 Å². The van der Waals surface area contributed by atoms with Crippen molar-refractivity contribution in [1.82, 2.24) is 4.90 Å². The van der Waals surface area contributed by atoms with E-state index in [0.29, 0.717) is 18.8 Å². The summed E-state index contributed by atoms with van der Waals surface area (Å²) in [4.78, 5) is 13.3. The quantitative estimate of drug-likeness (QED) is 0.603. The van der Waals surface area contributed by atoms with Crippen LogP contribution in [0, 0.1) is 0 Å². The summed E-state index contributed by atoms with van der Waals surface area (Å²) in [7, 11) is 1.75. The molecule has 0 aliphatic heterocycles. The van der Waals surface area contributed by atoms with Gasteiger partial charge in [0.2, 0.25) is 5.91 Å². The predicted octanol–water partition coefficient (Wildman–Crippen LogP) is 1.65. The number of rotatable bonds is 6.